The van der Waals surface area contributed by atoms with E-state index in [2.05, 4.69) is 15.5 Å². The Morgan fingerprint density at radius 1 is 1.13 bits per heavy atom. The Kier molecular flexibility index (Phi) is 6.87. The van der Waals surface area contributed by atoms with Gasteiger partial charge in [0.2, 0.25) is 11.7 Å². The summed E-state index contributed by atoms with van der Waals surface area (Å²) in [7, 11) is 3.05. The molecule has 1 heterocycles. The number of aliphatic hydroxyl groups is 1. The lowest BCUT2D eigenvalue weighted by atomic mass is 10.1. The number of hydrogen-bond donors (Lipinski definition) is 2. The summed E-state index contributed by atoms with van der Waals surface area (Å²) in [6.45, 7) is 1.88. The Morgan fingerprint density at radius 3 is 2.50 bits per heavy atom. The van der Waals surface area contributed by atoms with Crippen LogP contribution in [-0.2, 0) is 6.61 Å². The van der Waals surface area contributed by atoms with Gasteiger partial charge in [0.1, 0.15) is 23.4 Å². The Morgan fingerprint density at radius 2 is 1.87 bits per heavy atom. The Labute approximate surface area is 173 Å². The van der Waals surface area contributed by atoms with Gasteiger partial charge in [-0.05, 0) is 42.5 Å². The maximum Gasteiger partial charge on any atom is 0.251 e. The minimum absolute atomic E-state index is 0.0117. The lowest BCUT2D eigenvalue weighted by Crippen LogP contribution is -2.28. The fourth-order valence-corrected chi connectivity index (χ4v) is 2.75. The topological polar surface area (TPSA) is 116 Å². The molecule has 2 N–H and O–H groups in total. The van der Waals surface area contributed by atoms with Gasteiger partial charge in [-0.1, -0.05) is 5.16 Å². The molecule has 0 bridgehead atoms. The molecule has 0 saturated carbocycles. The largest absolute Gasteiger partial charge is 0.497 e. The molecule has 0 aliphatic carbocycles. The molecule has 30 heavy (non-hydrogen) atoms. The minimum atomic E-state index is -0.958. The highest BCUT2D eigenvalue weighted by Crippen LogP contribution is 2.29. The first-order valence-corrected chi connectivity index (χ1v) is 9.20. The predicted molar refractivity (Wildman–Crippen MR) is 107 cm³/mol. The number of amides is 1. The average Bonchev–Trinajstić information content (AvgIpc) is 3.20. The van der Waals surface area contributed by atoms with E-state index in [1.54, 1.807) is 49.4 Å². The highest BCUT2D eigenvalue weighted by Gasteiger charge is 2.16. The van der Waals surface area contributed by atoms with Crippen molar-refractivity contribution in [2.75, 3.05) is 20.8 Å². The second-order valence-electron chi connectivity index (χ2n) is 6.38. The number of hydrogen-bond acceptors (Lipinski definition) is 8. The van der Waals surface area contributed by atoms with E-state index in [1.807, 2.05) is 0 Å². The van der Waals surface area contributed by atoms with Crippen molar-refractivity contribution in [3.05, 3.63) is 65.3 Å². The van der Waals surface area contributed by atoms with E-state index in [9.17, 15) is 9.90 Å². The Hall–Kier alpha value is -3.59. The summed E-state index contributed by atoms with van der Waals surface area (Å²) >= 11 is 0. The molecule has 2 aromatic carbocycles. The SMILES string of the molecule is COc1ccc(OC)c(C(O)CNC(=O)c2ccc(OCc3noc(C)n3)cc2)c1. The second-order valence-corrected chi connectivity index (χ2v) is 6.38. The summed E-state index contributed by atoms with van der Waals surface area (Å²) in [5.41, 5.74) is 0.958. The molecule has 1 atom stereocenters. The van der Waals surface area contributed by atoms with Gasteiger partial charge in [0.25, 0.3) is 5.91 Å². The van der Waals surface area contributed by atoms with Gasteiger partial charge < -0.3 is 29.2 Å². The summed E-state index contributed by atoms with van der Waals surface area (Å²) in [5, 5.41) is 16.9. The highest BCUT2D eigenvalue weighted by molar-refractivity contribution is 5.94. The predicted octanol–water partition coefficient (Wildman–Crippen LogP) is 2.44. The molecule has 1 amide bonds. The zero-order valence-electron chi connectivity index (χ0n) is 16.9. The maximum absolute atomic E-state index is 12.4. The summed E-state index contributed by atoms with van der Waals surface area (Å²) in [6, 6.07) is 11.7. The van der Waals surface area contributed by atoms with Crippen LogP contribution in [0.4, 0.5) is 0 Å². The van der Waals surface area contributed by atoms with Crippen LogP contribution >= 0.6 is 0 Å². The molecule has 0 radical (unpaired) electrons. The zero-order valence-corrected chi connectivity index (χ0v) is 16.9. The zero-order chi connectivity index (χ0) is 21.5. The van der Waals surface area contributed by atoms with Gasteiger partial charge in [0.15, 0.2) is 6.61 Å². The number of carbonyl (C=O) groups excluding carboxylic acids is 1. The molecule has 1 unspecified atom stereocenters. The lowest BCUT2D eigenvalue weighted by molar-refractivity contribution is 0.0914. The van der Waals surface area contributed by atoms with Crippen molar-refractivity contribution in [1.29, 1.82) is 0 Å². The summed E-state index contributed by atoms with van der Waals surface area (Å²) < 4.78 is 20.9. The third kappa shape index (κ3) is 5.26. The normalized spacial score (nSPS) is 11.6. The van der Waals surface area contributed by atoms with Gasteiger partial charge in [0.05, 0.1) is 14.2 Å². The lowest BCUT2D eigenvalue weighted by Gasteiger charge is -2.16. The molecular formula is C21H23N3O6. The van der Waals surface area contributed by atoms with Crippen molar-refractivity contribution in [2.24, 2.45) is 0 Å². The third-order valence-electron chi connectivity index (χ3n) is 4.31. The van der Waals surface area contributed by atoms with Gasteiger partial charge >= 0.3 is 0 Å². The van der Waals surface area contributed by atoms with Crippen molar-refractivity contribution in [2.45, 2.75) is 19.6 Å². The smallest absolute Gasteiger partial charge is 0.251 e. The number of benzene rings is 2. The first-order chi connectivity index (χ1) is 14.5. The van der Waals surface area contributed by atoms with Gasteiger partial charge in [0, 0.05) is 24.6 Å². The fraction of sp³-hybridized carbons (Fsp3) is 0.286. The van der Waals surface area contributed by atoms with Crippen LogP contribution in [0.3, 0.4) is 0 Å². The summed E-state index contributed by atoms with van der Waals surface area (Å²) in [6.07, 6.45) is -0.958. The van der Waals surface area contributed by atoms with Gasteiger partial charge in [-0.2, -0.15) is 4.98 Å². The van der Waals surface area contributed by atoms with Crippen LogP contribution in [0.25, 0.3) is 0 Å². The van der Waals surface area contributed by atoms with Crippen molar-refractivity contribution in [3.8, 4) is 17.2 Å². The first kappa shape index (κ1) is 21.1. The van der Waals surface area contributed by atoms with Gasteiger partial charge in [-0.3, -0.25) is 4.79 Å². The molecule has 0 saturated heterocycles. The van der Waals surface area contributed by atoms with Crippen LogP contribution in [0.2, 0.25) is 0 Å². The number of nitrogens with zero attached hydrogens (tertiary/aromatic N) is 2. The van der Waals surface area contributed by atoms with Crippen LogP contribution in [0.1, 0.15) is 33.7 Å². The molecule has 158 valence electrons. The fourth-order valence-electron chi connectivity index (χ4n) is 2.75. The average molecular weight is 413 g/mol. The first-order valence-electron chi connectivity index (χ1n) is 9.20. The van der Waals surface area contributed by atoms with E-state index in [0.29, 0.717) is 40.1 Å². The summed E-state index contributed by atoms with van der Waals surface area (Å²) in [4.78, 5) is 16.5. The minimum Gasteiger partial charge on any atom is -0.497 e. The molecule has 3 rings (SSSR count). The van der Waals surface area contributed by atoms with Crippen LogP contribution in [0.5, 0.6) is 17.2 Å². The number of aliphatic hydroxyl groups excluding tert-OH is 1. The molecular weight excluding hydrogens is 390 g/mol. The van der Waals surface area contributed by atoms with E-state index >= 15 is 0 Å². The van der Waals surface area contributed by atoms with E-state index in [-0.39, 0.29) is 19.1 Å². The van der Waals surface area contributed by atoms with E-state index < -0.39 is 6.10 Å². The van der Waals surface area contributed by atoms with E-state index in [4.69, 9.17) is 18.7 Å². The van der Waals surface area contributed by atoms with Crippen LogP contribution in [-0.4, -0.2) is 41.9 Å². The number of nitrogens with one attached hydrogen (secondary N) is 1. The monoisotopic (exact) mass is 413 g/mol. The van der Waals surface area contributed by atoms with Gasteiger partial charge in [-0.15, -0.1) is 0 Å². The molecule has 3 aromatic rings. The molecule has 0 aliphatic rings. The maximum atomic E-state index is 12.4. The molecule has 9 heteroatoms. The third-order valence-corrected chi connectivity index (χ3v) is 4.31. The van der Waals surface area contributed by atoms with Crippen LogP contribution in [0, 0.1) is 6.92 Å². The molecule has 0 spiro atoms. The van der Waals surface area contributed by atoms with Crippen LogP contribution < -0.4 is 19.5 Å². The Balaban J connectivity index is 1.55. The number of aromatic nitrogens is 2. The molecule has 0 fully saturated rings. The summed E-state index contributed by atoms with van der Waals surface area (Å²) in [5.74, 6) is 2.25. The van der Waals surface area contributed by atoms with Crippen molar-refractivity contribution >= 4 is 5.91 Å². The van der Waals surface area contributed by atoms with Crippen molar-refractivity contribution in [3.63, 3.8) is 0 Å². The van der Waals surface area contributed by atoms with E-state index in [1.165, 1.54) is 14.2 Å². The van der Waals surface area contributed by atoms with Crippen molar-refractivity contribution in [1.82, 2.24) is 15.5 Å². The Bertz CT molecular complexity index is 987. The van der Waals surface area contributed by atoms with Crippen molar-refractivity contribution < 1.29 is 28.6 Å². The number of ether oxygens (including phenoxy) is 3. The number of carbonyl (C=O) groups is 1. The van der Waals surface area contributed by atoms with Gasteiger partial charge in [-0.25, -0.2) is 0 Å². The molecule has 1 aromatic heterocycles. The molecule has 9 nitrogen and oxygen atoms in total. The quantitative estimate of drug-likeness (QED) is 0.550. The number of aryl methyl sites for hydroxylation is 1. The standard InChI is InChI=1S/C21H23N3O6/c1-13-23-20(24-30-13)12-29-15-6-4-14(5-7-15)21(26)22-11-18(25)17-10-16(27-2)8-9-19(17)28-3/h4-10,18,25H,11-12H2,1-3H3,(H,22,26). The number of methoxy groups -OCH3 is 2. The second kappa shape index (κ2) is 9.75. The highest BCUT2D eigenvalue weighted by atomic mass is 16.5. The molecule has 0 aliphatic heterocycles. The number of rotatable bonds is 9. The van der Waals surface area contributed by atoms with E-state index in [0.717, 1.165) is 0 Å². The van der Waals surface area contributed by atoms with Crippen LogP contribution in [0.15, 0.2) is 47.0 Å².